The van der Waals surface area contributed by atoms with Crippen LogP contribution in [0.3, 0.4) is 0 Å². The van der Waals surface area contributed by atoms with Gasteiger partial charge in [-0.3, -0.25) is 4.79 Å². The van der Waals surface area contributed by atoms with Gasteiger partial charge in [0.25, 0.3) is 15.9 Å². The first kappa shape index (κ1) is 17.7. The van der Waals surface area contributed by atoms with Crippen LogP contribution in [0.15, 0.2) is 50.2 Å². The van der Waals surface area contributed by atoms with Gasteiger partial charge in [-0.2, -0.15) is 0 Å². The van der Waals surface area contributed by atoms with Crippen molar-refractivity contribution < 1.29 is 22.2 Å². The van der Waals surface area contributed by atoms with Crippen molar-refractivity contribution in [3.05, 3.63) is 59.2 Å². The molecule has 0 fully saturated rings. The second kappa shape index (κ2) is 6.68. The Labute approximate surface area is 150 Å². The van der Waals surface area contributed by atoms with Crippen molar-refractivity contribution in [3.63, 3.8) is 0 Å². The molecule has 3 aromatic rings. The van der Waals surface area contributed by atoms with Gasteiger partial charge in [0, 0.05) is 11.3 Å². The van der Waals surface area contributed by atoms with Crippen molar-refractivity contribution >= 4 is 27.5 Å². The van der Waals surface area contributed by atoms with Crippen molar-refractivity contribution in [1.29, 1.82) is 0 Å². The Balaban J connectivity index is 1.74. The normalized spacial score (nSPS) is 11.3. The molecule has 0 saturated carbocycles. The molecule has 2 aromatic heterocycles. The van der Waals surface area contributed by atoms with E-state index >= 15 is 0 Å². The van der Waals surface area contributed by atoms with E-state index in [1.54, 1.807) is 32.9 Å². The third-order valence-electron chi connectivity index (χ3n) is 3.77. The molecule has 0 saturated heterocycles. The predicted octanol–water partition coefficient (Wildman–Crippen LogP) is 3.25. The number of amides is 1. The highest BCUT2D eigenvalue weighted by atomic mass is 32.2. The second-order valence-corrected chi connectivity index (χ2v) is 7.40. The van der Waals surface area contributed by atoms with Crippen LogP contribution in [0.5, 0.6) is 0 Å². The SMILES string of the molecule is Cc1ccc(C(=O)Nc2ccc(S(=O)(=O)Nc3onc(C)c3C)cc2)o1. The fourth-order valence-electron chi connectivity index (χ4n) is 2.16. The van der Waals surface area contributed by atoms with Gasteiger partial charge in [-0.15, -0.1) is 0 Å². The fraction of sp³-hybridized carbons (Fsp3) is 0.176. The highest BCUT2D eigenvalue weighted by Crippen LogP contribution is 2.22. The molecule has 3 rings (SSSR count). The minimum Gasteiger partial charge on any atom is -0.456 e. The van der Waals surface area contributed by atoms with Gasteiger partial charge in [-0.1, -0.05) is 5.16 Å². The lowest BCUT2D eigenvalue weighted by Gasteiger charge is -2.07. The number of carbonyl (C=O) groups excluding carboxylic acids is 1. The van der Waals surface area contributed by atoms with Crippen LogP contribution >= 0.6 is 0 Å². The van der Waals surface area contributed by atoms with Gasteiger partial charge in [0.2, 0.25) is 5.88 Å². The lowest BCUT2D eigenvalue weighted by molar-refractivity contribution is 0.0995. The number of hydrogen-bond acceptors (Lipinski definition) is 6. The Morgan fingerprint density at radius 1 is 1.04 bits per heavy atom. The quantitative estimate of drug-likeness (QED) is 0.707. The first-order valence-corrected chi connectivity index (χ1v) is 9.18. The molecule has 2 N–H and O–H groups in total. The van der Waals surface area contributed by atoms with E-state index in [1.807, 2.05) is 0 Å². The maximum Gasteiger partial charge on any atom is 0.291 e. The number of benzene rings is 1. The maximum absolute atomic E-state index is 12.4. The molecule has 0 aliphatic carbocycles. The van der Waals surface area contributed by atoms with Gasteiger partial charge in [0.05, 0.1) is 10.6 Å². The lowest BCUT2D eigenvalue weighted by Crippen LogP contribution is -2.14. The molecule has 1 amide bonds. The third-order valence-corrected chi connectivity index (χ3v) is 5.12. The Bertz CT molecular complexity index is 1050. The number of rotatable bonds is 5. The third kappa shape index (κ3) is 3.62. The number of anilines is 2. The van der Waals surface area contributed by atoms with E-state index in [-0.39, 0.29) is 16.5 Å². The first-order chi connectivity index (χ1) is 12.3. The smallest absolute Gasteiger partial charge is 0.291 e. The van der Waals surface area contributed by atoms with Gasteiger partial charge in [0.15, 0.2) is 5.76 Å². The van der Waals surface area contributed by atoms with Crippen LogP contribution in [0.2, 0.25) is 0 Å². The summed E-state index contributed by atoms with van der Waals surface area (Å²) in [5.41, 5.74) is 1.66. The Morgan fingerprint density at radius 2 is 1.73 bits per heavy atom. The van der Waals surface area contributed by atoms with Crippen molar-refractivity contribution in [2.24, 2.45) is 0 Å². The minimum absolute atomic E-state index is 0.0257. The monoisotopic (exact) mass is 375 g/mol. The average Bonchev–Trinajstić information content (AvgIpc) is 3.16. The highest BCUT2D eigenvalue weighted by Gasteiger charge is 2.19. The largest absolute Gasteiger partial charge is 0.456 e. The van der Waals surface area contributed by atoms with Crippen LogP contribution in [0.4, 0.5) is 11.6 Å². The summed E-state index contributed by atoms with van der Waals surface area (Å²) in [5, 5.41) is 6.35. The molecule has 1 aromatic carbocycles. The zero-order chi connectivity index (χ0) is 18.9. The number of carbonyl (C=O) groups is 1. The van der Waals surface area contributed by atoms with Crippen LogP contribution in [-0.2, 0) is 10.0 Å². The molecular weight excluding hydrogens is 358 g/mol. The zero-order valence-corrected chi connectivity index (χ0v) is 15.2. The molecular formula is C17H17N3O5S. The van der Waals surface area contributed by atoms with Crippen molar-refractivity contribution in [3.8, 4) is 0 Å². The van der Waals surface area contributed by atoms with E-state index in [4.69, 9.17) is 8.94 Å². The molecule has 0 bridgehead atoms. The molecule has 0 radical (unpaired) electrons. The van der Waals surface area contributed by atoms with E-state index in [9.17, 15) is 13.2 Å². The minimum atomic E-state index is -3.83. The first-order valence-electron chi connectivity index (χ1n) is 7.70. The predicted molar refractivity (Wildman–Crippen MR) is 94.6 cm³/mol. The maximum atomic E-state index is 12.4. The molecule has 0 spiro atoms. The molecule has 0 unspecified atom stereocenters. The molecule has 2 heterocycles. The number of furan rings is 1. The number of nitrogens with one attached hydrogen (secondary N) is 2. The fourth-order valence-corrected chi connectivity index (χ4v) is 3.20. The van der Waals surface area contributed by atoms with Gasteiger partial charge >= 0.3 is 0 Å². The molecule has 8 nitrogen and oxygen atoms in total. The number of hydrogen-bond donors (Lipinski definition) is 2. The molecule has 0 atom stereocenters. The molecule has 9 heteroatoms. The topological polar surface area (TPSA) is 114 Å². The van der Waals surface area contributed by atoms with Crippen LogP contribution in [0, 0.1) is 20.8 Å². The highest BCUT2D eigenvalue weighted by molar-refractivity contribution is 7.92. The average molecular weight is 375 g/mol. The van der Waals surface area contributed by atoms with Gasteiger partial charge in [-0.05, 0) is 57.2 Å². The molecule has 26 heavy (non-hydrogen) atoms. The van der Waals surface area contributed by atoms with Gasteiger partial charge < -0.3 is 14.3 Å². The van der Waals surface area contributed by atoms with E-state index in [2.05, 4.69) is 15.2 Å². The number of nitrogens with zero attached hydrogens (tertiary/aromatic N) is 1. The summed E-state index contributed by atoms with van der Waals surface area (Å²) in [5.74, 6) is 0.463. The van der Waals surface area contributed by atoms with E-state index < -0.39 is 15.9 Å². The van der Waals surface area contributed by atoms with E-state index in [0.29, 0.717) is 22.7 Å². The molecule has 136 valence electrons. The second-order valence-electron chi connectivity index (χ2n) is 5.72. The Kier molecular flexibility index (Phi) is 4.56. The summed E-state index contributed by atoms with van der Waals surface area (Å²) in [4.78, 5) is 12.1. The summed E-state index contributed by atoms with van der Waals surface area (Å²) in [7, 11) is -3.83. The summed E-state index contributed by atoms with van der Waals surface area (Å²) in [6.07, 6.45) is 0. The Morgan fingerprint density at radius 3 is 2.27 bits per heavy atom. The number of aromatic nitrogens is 1. The number of aryl methyl sites for hydroxylation is 2. The molecule has 0 aliphatic rings. The summed E-state index contributed by atoms with van der Waals surface area (Å²) in [6, 6.07) is 8.98. The van der Waals surface area contributed by atoms with Crippen molar-refractivity contribution in [1.82, 2.24) is 5.16 Å². The van der Waals surface area contributed by atoms with Crippen LogP contribution in [0.25, 0.3) is 0 Å². The zero-order valence-electron chi connectivity index (χ0n) is 14.4. The Hall–Kier alpha value is -3.07. The van der Waals surface area contributed by atoms with E-state index in [0.717, 1.165) is 0 Å². The summed E-state index contributed by atoms with van der Waals surface area (Å²) < 4.78 is 37.4. The standard InChI is InChI=1S/C17H17N3O5S/c1-10-4-9-15(24-10)16(21)18-13-5-7-14(8-6-13)26(22,23)20-17-11(2)12(3)19-25-17/h4-9,20H,1-3H3,(H,18,21). The van der Waals surface area contributed by atoms with Gasteiger partial charge in [0.1, 0.15) is 5.76 Å². The molecule has 0 aliphatic heterocycles. The van der Waals surface area contributed by atoms with Gasteiger partial charge in [-0.25, -0.2) is 13.1 Å². The van der Waals surface area contributed by atoms with Crippen LogP contribution in [-0.4, -0.2) is 19.5 Å². The number of sulfonamides is 1. The van der Waals surface area contributed by atoms with Crippen molar-refractivity contribution in [2.45, 2.75) is 25.7 Å². The van der Waals surface area contributed by atoms with Crippen LogP contribution in [0.1, 0.15) is 27.6 Å². The van der Waals surface area contributed by atoms with Crippen LogP contribution < -0.4 is 10.0 Å². The lowest BCUT2D eigenvalue weighted by atomic mass is 10.3. The summed E-state index contributed by atoms with van der Waals surface area (Å²) in [6.45, 7) is 5.16. The van der Waals surface area contributed by atoms with Crippen molar-refractivity contribution in [2.75, 3.05) is 10.0 Å². The summed E-state index contributed by atoms with van der Waals surface area (Å²) >= 11 is 0. The van der Waals surface area contributed by atoms with E-state index in [1.165, 1.54) is 24.3 Å².